The molecule has 2 nitrogen and oxygen atoms in total. The number of hydrogen-bond acceptors (Lipinski definition) is 3. The summed E-state index contributed by atoms with van der Waals surface area (Å²) in [5.74, 6) is 4.85. The SMILES string of the molecule is COc1ccc(C(CSCC(Cc2ccccc2)c2ccc(OC)cc2)Cc2ccccc2)cc1. The van der Waals surface area contributed by atoms with Gasteiger partial charge in [-0.2, -0.15) is 11.8 Å². The molecule has 2 unspecified atom stereocenters. The van der Waals surface area contributed by atoms with Gasteiger partial charge in [0.15, 0.2) is 0 Å². The van der Waals surface area contributed by atoms with Gasteiger partial charge in [0.2, 0.25) is 0 Å². The molecule has 0 bridgehead atoms. The highest BCUT2D eigenvalue weighted by Gasteiger charge is 2.17. The van der Waals surface area contributed by atoms with Gasteiger partial charge in [-0.3, -0.25) is 0 Å². The summed E-state index contributed by atoms with van der Waals surface area (Å²) in [4.78, 5) is 0. The second-order valence-electron chi connectivity index (χ2n) is 8.86. The topological polar surface area (TPSA) is 18.5 Å². The summed E-state index contributed by atoms with van der Waals surface area (Å²) in [7, 11) is 3.44. The van der Waals surface area contributed by atoms with Gasteiger partial charge < -0.3 is 9.47 Å². The monoisotopic (exact) mass is 482 g/mol. The lowest BCUT2D eigenvalue weighted by molar-refractivity contribution is 0.414. The fourth-order valence-electron chi connectivity index (χ4n) is 4.45. The fraction of sp³-hybridized carbons (Fsp3) is 0.250. The Hall–Kier alpha value is -3.17. The van der Waals surface area contributed by atoms with Crippen LogP contribution < -0.4 is 9.47 Å². The van der Waals surface area contributed by atoms with Crippen LogP contribution in [-0.2, 0) is 12.8 Å². The highest BCUT2D eigenvalue weighted by molar-refractivity contribution is 7.99. The Bertz CT molecular complexity index is 1030. The lowest BCUT2D eigenvalue weighted by atomic mass is 9.93. The van der Waals surface area contributed by atoms with Crippen LogP contribution in [-0.4, -0.2) is 25.7 Å². The molecule has 0 amide bonds. The molecule has 4 aromatic rings. The van der Waals surface area contributed by atoms with Crippen LogP contribution in [0.25, 0.3) is 0 Å². The molecule has 0 saturated heterocycles. The summed E-state index contributed by atoms with van der Waals surface area (Å²) in [6, 6.07) is 38.8. The first-order chi connectivity index (χ1) is 17.2. The van der Waals surface area contributed by atoms with E-state index >= 15 is 0 Å². The predicted molar refractivity (Wildman–Crippen MR) is 149 cm³/mol. The number of thioether (sulfide) groups is 1. The van der Waals surface area contributed by atoms with Gasteiger partial charge >= 0.3 is 0 Å². The molecule has 0 aliphatic rings. The van der Waals surface area contributed by atoms with E-state index in [9.17, 15) is 0 Å². The second kappa shape index (κ2) is 13.1. The van der Waals surface area contributed by atoms with Crippen LogP contribution in [0.1, 0.15) is 34.1 Å². The van der Waals surface area contributed by atoms with Crippen molar-refractivity contribution in [2.45, 2.75) is 24.7 Å². The van der Waals surface area contributed by atoms with Gasteiger partial charge in [0.05, 0.1) is 14.2 Å². The summed E-state index contributed by atoms with van der Waals surface area (Å²) in [6.45, 7) is 0. The van der Waals surface area contributed by atoms with Crippen molar-refractivity contribution in [3.63, 3.8) is 0 Å². The highest BCUT2D eigenvalue weighted by atomic mass is 32.2. The van der Waals surface area contributed by atoms with E-state index in [2.05, 4.69) is 121 Å². The number of hydrogen-bond donors (Lipinski definition) is 0. The van der Waals surface area contributed by atoms with Crippen molar-refractivity contribution >= 4 is 11.8 Å². The molecule has 180 valence electrons. The zero-order valence-electron chi connectivity index (χ0n) is 20.6. The van der Waals surface area contributed by atoms with Gasteiger partial charge in [0.1, 0.15) is 11.5 Å². The standard InChI is InChI=1S/C32H34O2S/c1-33-31-17-13-27(14-18-31)29(21-25-9-5-3-6-10-25)23-35-24-30(22-26-11-7-4-8-12-26)28-15-19-32(34-2)20-16-28/h3-20,29-30H,21-24H2,1-2H3. The van der Waals surface area contributed by atoms with E-state index in [1.807, 2.05) is 0 Å². The van der Waals surface area contributed by atoms with E-state index in [1.54, 1.807) is 14.2 Å². The molecular formula is C32H34O2S. The minimum absolute atomic E-state index is 0.446. The molecule has 2 atom stereocenters. The third-order valence-electron chi connectivity index (χ3n) is 6.46. The van der Waals surface area contributed by atoms with Gasteiger partial charge in [-0.05, 0) is 71.2 Å². The first kappa shape index (κ1) is 24.9. The van der Waals surface area contributed by atoms with Gasteiger partial charge in [-0.1, -0.05) is 84.9 Å². The van der Waals surface area contributed by atoms with E-state index in [0.29, 0.717) is 11.8 Å². The first-order valence-electron chi connectivity index (χ1n) is 12.2. The number of rotatable bonds is 12. The molecule has 4 rings (SSSR count). The fourth-order valence-corrected chi connectivity index (χ4v) is 5.77. The summed E-state index contributed by atoms with van der Waals surface area (Å²) < 4.78 is 10.8. The summed E-state index contributed by atoms with van der Waals surface area (Å²) >= 11 is 2.06. The zero-order chi connectivity index (χ0) is 24.3. The van der Waals surface area contributed by atoms with Crippen molar-refractivity contribution < 1.29 is 9.47 Å². The van der Waals surface area contributed by atoms with Crippen molar-refractivity contribution in [1.29, 1.82) is 0 Å². The largest absolute Gasteiger partial charge is 0.497 e. The highest BCUT2D eigenvalue weighted by Crippen LogP contribution is 2.31. The third-order valence-corrected chi connectivity index (χ3v) is 7.74. The van der Waals surface area contributed by atoms with E-state index in [-0.39, 0.29) is 0 Å². The van der Waals surface area contributed by atoms with E-state index < -0.39 is 0 Å². The third kappa shape index (κ3) is 7.40. The molecule has 0 saturated carbocycles. The van der Waals surface area contributed by atoms with Crippen molar-refractivity contribution in [3.05, 3.63) is 131 Å². The minimum Gasteiger partial charge on any atom is -0.497 e. The van der Waals surface area contributed by atoms with Crippen molar-refractivity contribution in [3.8, 4) is 11.5 Å². The summed E-state index contributed by atoms with van der Waals surface area (Å²) in [5, 5.41) is 0. The van der Waals surface area contributed by atoms with Crippen molar-refractivity contribution in [1.82, 2.24) is 0 Å². The molecule has 0 aliphatic carbocycles. The maximum Gasteiger partial charge on any atom is 0.118 e. The maximum atomic E-state index is 5.39. The quantitative estimate of drug-likeness (QED) is 0.205. The number of ether oxygens (including phenoxy) is 2. The molecule has 0 aliphatic heterocycles. The summed E-state index contributed by atoms with van der Waals surface area (Å²) in [5.41, 5.74) is 5.49. The van der Waals surface area contributed by atoms with Gasteiger partial charge in [-0.15, -0.1) is 0 Å². The van der Waals surface area contributed by atoms with Crippen LogP contribution in [0, 0.1) is 0 Å². The Morgan fingerprint density at radius 1 is 0.514 bits per heavy atom. The Balaban J connectivity index is 1.49. The molecule has 4 aromatic carbocycles. The molecule has 3 heteroatoms. The van der Waals surface area contributed by atoms with Crippen LogP contribution in [0.4, 0.5) is 0 Å². The summed E-state index contributed by atoms with van der Waals surface area (Å²) in [6.07, 6.45) is 2.07. The molecule has 0 aromatic heterocycles. The maximum absolute atomic E-state index is 5.39. The van der Waals surface area contributed by atoms with Crippen LogP contribution in [0.3, 0.4) is 0 Å². The van der Waals surface area contributed by atoms with E-state index in [0.717, 1.165) is 35.8 Å². The van der Waals surface area contributed by atoms with Crippen molar-refractivity contribution in [2.24, 2.45) is 0 Å². The predicted octanol–water partition coefficient (Wildman–Crippen LogP) is 7.79. The van der Waals surface area contributed by atoms with Gasteiger partial charge in [0.25, 0.3) is 0 Å². The average Bonchev–Trinajstić information content (AvgIpc) is 2.93. The van der Waals surface area contributed by atoms with Gasteiger partial charge in [-0.25, -0.2) is 0 Å². The Morgan fingerprint density at radius 2 is 0.886 bits per heavy atom. The van der Waals surface area contributed by atoms with E-state index in [4.69, 9.17) is 9.47 Å². The molecule has 0 heterocycles. The lowest BCUT2D eigenvalue weighted by Gasteiger charge is -2.21. The molecule has 0 spiro atoms. The average molecular weight is 483 g/mol. The molecule has 0 radical (unpaired) electrons. The number of methoxy groups -OCH3 is 2. The Kier molecular flexibility index (Phi) is 9.31. The second-order valence-corrected chi connectivity index (χ2v) is 9.93. The Morgan fingerprint density at radius 3 is 1.23 bits per heavy atom. The minimum atomic E-state index is 0.446. The molecule has 0 N–H and O–H groups in total. The normalized spacial score (nSPS) is 12.6. The first-order valence-corrected chi connectivity index (χ1v) is 13.3. The van der Waals surface area contributed by atoms with Crippen molar-refractivity contribution in [2.75, 3.05) is 25.7 Å². The van der Waals surface area contributed by atoms with Gasteiger partial charge in [0, 0.05) is 11.5 Å². The smallest absolute Gasteiger partial charge is 0.118 e. The zero-order valence-corrected chi connectivity index (χ0v) is 21.4. The molecule has 35 heavy (non-hydrogen) atoms. The number of benzene rings is 4. The lowest BCUT2D eigenvalue weighted by Crippen LogP contribution is -2.10. The molecule has 0 fully saturated rings. The van der Waals surface area contributed by atoms with E-state index in [1.165, 1.54) is 22.3 Å². The Labute approximate surface area is 214 Å². The van der Waals surface area contributed by atoms with Crippen LogP contribution in [0.2, 0.25) is 0 Å². The molecular weight excluding hydrogens is 448 g/mol. The van der Waals surface area contributed by atoms with Crippen LogP contribution >= 0.6 is 11.8 Å². The van der Waals surface area contributed by atoms with Crippen LogP contribution in [0.15, 0.2) is 109 Å². The van der Waals surface area contributed by atoms with Crippen LogP contribution in [0.5, 0.6) is 11.5 Å².